The van der Waals surface area contributed by atoms with E-state index in [1.807, 2.05) is 30.0 Å². The SMILES string of the molecule is C[C@@H](Sc1ccccc1)C(=O)N1CCN(C(c2ccccc2)c2ccccc2)CC1. The molecule has 1 atom stereocenters. The van der Waals surface area contributed by atoms with Gasteiger partial charge in [-0.2, -0.15) is 0 Å². The van der Waals surface area contributed by atoms with E-state index < -0.39 is 0 Å². The number of hydrogen-bond donors (Lipinski definition) is 0. The number of thioether (sulfide) groups is 1. The van der Waals surface area contributed by atoms with Crippen LogP contribution in [0.5, 0.6) is 0 Å². The Bertz CT molecular complexity index is 886. The summed E-state index contributed by atoms with van der Waals surface area (Å²) >= 11 is 1.64. The Morgan fingerprint density at radius 1 is 0.733 bits per heavy atom. The van der Waals surface area contributed by atoms with Gasteiger partial charge in [0.15, 0.2) is 0 Å². The predicted molar refractivity (Wildman–Crippen MR) is 125 cm³/mol. The molecule has 4 rings (SSSR count). The zero-order valence-electron chi connectivity index (χ0n) is 17.4. The Morgan fingerprint density at radius 3 is 1.70 bits per heavy atom. The number of piperazine rings is 1. The molecule has 0 bridgehead atoms. The lowest BCUT2D eigenvalue weighted by Gasteiger charge is -2.40. The number of carbonyl (C=O) groups excluding carboxylic acids is 1. The summed E-state index contributed by atoms with van der Waals surface area (Å²) < 4.78 is 0. The summed E-state index contributed by atoms with van der Waals surface area (Å²) in [5.74, 6) is 0.236. The first-order valence-corrected chi connectivity index (χ1v) is 11.4. The Balaban J connectivity index is 1.42. The second-order valence-corrected chi connectivity index (χ2v) is 9.07. The van der Waals surface area contributed by atoms with Crippen molar-refractivity contribution < 1.29 is 4.79 Å². The fourth-order valence-electron chi connectivity index (χ4n) is 4.10. The van der Waals surface area contributed by atoms with E-state index in [1.54, 1.807) is 11.8 Å². The van der Waals surface area contributed by atoms with Gasteiger partial charge in [-0.15, -0.1) is 11.8 Å². The van der Waals surface area contributed by atoms with Gasteiger partial charge in [-0.3, -0.25) is 9.69 Å². The molecule has 154 valence electrons. The van der Waals surface area contributed by atoms with Crippen LogP contribution >= 0.6 is 11.8 Å². The van der Waals surface area contributed by atoms with Crippen molar-refractivity contribution in [3.8, 4) is 0 Å². The van der Waals surface area contributed by atoms with Crippen LogP contribution < -0.4 is 0 Å². The molecule has 30 heavy (non-hydrogen) atoms. The van der Waals surface area contributed by atoms with Crippen LogP contribution in [0.3, 0.4) is 0 Å². The topological polar surface area (TPSA) is 23.6 Å². The van der Waals surface area contributed by atoms with Gasteiger partial charge in [-0.05, 0) is 30.2 Å². The van der Waals surface area contributed by atoms with Crippen molar-refractivity contribution in [2.24, 2.45) is 0 Å². The smallest absolute Gasteiger partial charge is 0.235 e. The molecule has 1 heterocycles. The van der Waals surface area contributed by atoms with Crippen LogP contribution in [0.25, 0.3) is 0 Å². The molecule has 1 aliphatic heterocycles. The highest BCUT2D eigenvalue weighted by atomic mass is 32.2. The third-order valence-corrected chi connectivity index (χ3v) is 6.73. The molecule has 0 saturated carbocycles. The Kier molecular flexibility index (Phi) is 6.88. The molecule has 0 aromatic heterocycles. The standard InChI is InChI=1S/C26H28N2OS/c1-21(30-24-15-9-4-10-16-24)26(29)28-19-17-27(18-20-28)25(22-11-5-2-6-12-22)23-13-7-3-8-14-23/h2-16,21,25H,17-20H2,1H3/t21-/m1/s1. The molecule has 3 aromatic rings. The van der Waals surface area contributed by atoms with Crippen LogP contribution in [-0.2, 0) is 4.79 Å². The van der Waals surface area contributed by atoms with Crippen molar-refractivity contribution in [3.05, 3.63) is 102 Å². The summed E-state index contributed by atoms with van der Waals surface area (Å²) in [5, 5.41) is -0.0713. The molecule has 0 spiro atoms. The van der Waals surface area contributed by atoms with E-state index in [9.17, 15) is 4.79 Å². The summed E-state index contributed by atoms with van der Waals surface area (Å²) in [6.45, 7) is 5.32. The van der Waals surface area contributed by atoms with Gasteiger partial charge >= 0.3 is 0 Å². The lowest BCUT2D eigenvalue weighted by molar-refractivity contribution is -0.132. The molecule has 1 aliphatic rings. The number of carbonyl (C=O) groups is 1. The minimum atomic E-state index is -0.0713. The average Bonchev–Trinajstić information content (AvgIpc) is 2.81. The predicted octanol–water partition coefficient (Wildman–Crippen LogP) is 5.10. The maximum atomic E-state index is 13.0. The highest BCUT2D eigenvalue weighted by molar-refractivity contribution is 8.00. The van der Waals surface area contributed by atoms with Crippen molar-refractivity contribution in [3.63, 3.8) is 0 Å². The molecular weight excluding hydrogens is 388 g/mol. The zero-order valence-corrected chi connectivity index (χ0v) is 18.2. The van der Waals surface area contributed by atoms with E-state index in [4.69, 9.17) is 0 Å². The number of hydrogen-bond acceptors (Lipinski definition) is 3. The summed E-state index contributed by atoms with van der Waals surface area (Å²) in [6, 6.07) is 31.8. The van der Waals surface area contributed by atoms with E-state index in [2.05, 4.69) is 77.7 Å². The van der Waals surface area contributed by atoms with E-state index in [-0.39, 0.29) is 17.2 Å². The van der Waals surface area contributed by atoms with Crippen molar-refractivity contribution in [1.29, 1.82) is 0 Å². The lowest BCUT2D eigenvalue weighted by Crippen LogP contribution is -2.51. The van der Waals surface area contributed by atoms with E-state index in [1.165, 1.54) is 11.1 Å². The summed E-state index contributed by atoms with van der Waals surface area (Å²) in [7, 11) is 0. The van der Waals surface area contributed by atoms with Crippen LogP contribution in [0.1, 0.15) is 24.1 Å². The molecule has 1 amide bonds. The van der Waals surface area contributed by atoms with Crippen molar-refractivity contribution >= 4 is 17.7 Å². The van der Waals surface area contributed by atoms with Crippen molar-refractivity contribution in [2.75, 3.05) is 26.2 Å². The minimum absolute atomic E-state index is 0.0713. The summed E-state index contributed by atoms with van der Waals surface area (Å²) in [6.07, 6.45) is 0. The molecule has 1 saturated heterocycles. The number of amides is 1. The molecule has 3 nitrogen and oxygen atoms in total. The van der Waals surface area contributed by atoms with Crippen LogP contribution in [0.15, 0.2) is 95.9 Å². The molecule has 4 heteroatoms. The molecular formula is C26H28N2OS. The van der Waals surface area contributed by atoms with Gasteiger partial charge < -0.3 is 4.90 Å². The Morgan fingerprint density at radius 2 is 1.20 bits per heavy atom. The zero-order chi connectivity index (χ0) is 20.8. The van der Waals surface area contributed by atoms with Gasteiger partial charge in [-0.1, -0.05) is 78.9 Å². The van der Waals surface area contributed by atoms with Crippen molar-refractivity contribution in [2.45, 2.75) is 23.1 Å². The maximum Gasteiger partial charge on any atom is 0.235 e. The maximum absolute atomic E-state index is 13.0. The lowest BCUT2D eigenvalue weighted by atomic mass is 9.96. The summed E-state index contributed by atoms with van der Waals surface area (Å²) in [4.78, 5) is 18.7. The monoisotopic (exact) mass is 416 g/mol. The van der Waals surface area contributed by atoms with Crippen molar-refractivity contribution in [1.82, 2.24) is 9.80 Å². The third kappa shape index (κ3) is 4.94. The molecule has 0 radical (unpaired) electrons. The largest absolute Gasteiger partial charge is 0.339 e. The van der Waals surface area contributed by atoms with Gasteiger partial charge in [0.05, 0.1) is 11.3 Å². The van der Waals surface area contributed by atoms with E-state index >= 15 is 0 Å². The Hall–Kier alpha value is -2.56. The van der Waals surface area contributed by atoms with E-state index in [0.717, 1.165) is 31.1 Å². The fraction of sp³-hybridized carbons (Fsp3) is 0.269. The average molecular weight is 417 g/mol. The number of nitrogens with zero attached hydrogens (tertiary/aromatic N) is 2. The van der Waals surface area contributed by atoms with Gasteiger partial charge in [0.2, 0.25) is 5.91 Å². The normalized spacial score (nSPS) is 15.9. The number of rotatable bonds is 6. The quantitative estimate of drug-likeness (QED) is 0.522. The highest BCUT2D eigenvalue weighted by Crippen LogP contribution is 2.30. The van der Waals surface area contributed by atoms with Crippen LogP contribution in [0, 0.1) is 0 Å². The van der Waals surface area contributed by atoms with Gasteiger partial charge in [0, 0.05) is 31.1 Å². The van der Waals surface area contributed by atoms with Gasteiger partial charge in [-0.25, -0.2) is 0 Å². The van der Waals surface area contributed by atoms with Gasteiger partial charge in [0.1, 0.15) is 0 Å². The first-order valence-electron chi connectivity index (χ1n) is 10.6. The van der Waals surface area contributed by atoms with E-state index in [0.29, 0.717) is 0 Å². The minimum Gasteiger partial charge on any atom is -0.339 e. The fourth-order valence-corrected chi connectivity index (χ4v) is 5.07. The first kappa shape index (κ1) is 20.7. The van der Waals surface area contributed by atoms with Crippen LogP contribution in [0.2, 0.25) is 0 Å². The second-order valence-electron chi connectivity index (χ2n) is 7.66. The van der Waals surface area contributed by atoms with Gasteiger partial charge in [0.25, 0.3) is 0 Å². The van der Waals surface area contributed by atoms with Crippen LogP contribution in [0.4, 0.5) is 0 Å². The Labute approximate surface area is 183 Å². The number of benzene rings is 3. The third-order valence-electron chi connectivity index (χ3n) is 5.63. The summed E-state index contributed by atoms with van der Waals surface area (Å²) in [5.41, 5.74) is 2.60. The molecule has 0 N–H and O–H groups in total. The van der Waals surface area contributed by atoms with Crippen LogP contribution in [-0.4, -0.2) is 47.1 Å². The second kappa shape index (κ2) is 9.96. The molecule has 3 aromatic carbocycles. The molecule has 0 unspecified atom stereocenters. The molecule has 0 aliphatic carbocycles. The first-order chi connectivity index (χ1) is 14.7. The highest BCUT2D eigenvalue weighted by Gasteiger charge is 2.30. The molecule has 1 fully saturated rings.